The first-order valence-electron chi connectivity index (χ1n) is 10.1. The van der Waals surface area contributed by atoms with E-state index >= 15 is 0 Å². The van der Waals surface area contributed by atoms with Gasteiger partial charge in [0.2, 0.25) is 5.91 Å². The van der Waals surface area contributed by atoms with Crippen LogP contribution in [-0.4, -0.2) is 40.8 Å². The third-order valence-electron chi connectivity index (χ3n) is 5.25. The highest BCUT2D eigenvalue weighted by Gasteiger charge is 2.51. The number of nitro groups is 1. The van der Waals surface area contributed by atoms with Gasteiger partial charge in [0.1, 0.15) is 29.3 Å². The highest BCUT2D eigenvalue weighted by Crippen LogP contribution is 2.33. The van der Waals surface area contributed by atoms with Gasteiger partial charge in [-0.15, -0.1) is 0 Å². The van der Waals surface area contributed by atoms with Crippen LogP contribution >= 0.6 is 0 Å². The summed E-state index contributed by atoms with van der Waals surface area (Å²) in [6, 6.07) is 12.0. The minimum absolute atomic E-state index is 0.0828. The van der Waals surface area contributed by atoms with Crippen LogP contribution in [0.4, 0.5) is 16.2 Å². The number of ether oxygens (including phenoxy) is 1. The number of rotatable bonds is 7. The van der Waals surface area contributed by atoms with Crippen molar-refractivity contribution in [3.63, 3.8) is 0 Å². The normalized spacial score (nSPS) is 17.8. The first-order valence-corrected chi connectivity index (χ1v) is 10.1. The van der Waals surface area contributed by atoms with E-state index in [0.29, 0.717) is 12.2 Å². The summed E-state index contributed by atoms with van der Waals surface area (Å²) in [7, 11) is 0. The molecule has 2 N–H and O–H groups in total. The Kier molecular flexibility index (Phi) is 5.46. The van der Waals surface area contributed by atoms with Gasteiger partial charge in [-0.1, -0.05) is 18.2 Å². The molecule has 0 spiro atoms. The van der Waals surface area contributed by atoms with Gasteiger partial charge in [-0.2, -0.15) is 0 Å². The third-order valence-corrected chi connectivity index (χ3v) is 5.25. The Morgan fingerprint density at radius 3 is 2.70 bits per heavy atom. The summed E-state index contributed by atoms with van der Waals surface area (Å²) in [4.78, 5) is 49.6. The number of urea groups is 1. The van der Waals surface area contributed by atoms with Gasteiger partial charge >= 0.3 is 6.03 Å². The fourth-order valence-electron chi connectivity index (χ4n) is 3.59. The van der Waals surface area contributed by atoms with Crippen LogP contribution in [0.25, 0.3) is 11.0 Å². The topological polar surface area (TPSA) is 144 Å². The van der Waals surface area contributed by atoms with Crippen LogP contribution in [0.1, 0.15) is 19.6 Å². The Morgan fingerprint density at radius 2 is 2.00 bits per heavy atom. The predicted octanol–water partition coefficient (Wildman–Crippen LogP) is 3.15. The second-order valence-electron chi connectivity index (χ2n) is 7.51. The molecule has 1 aliphatic rings. The van der Waals surface area contributed by atoms with Crippen molar-refractivity contribution < 1.29 is 28.5 Å². The molecule has 1 fully saturated rings. The van der Waals surface area contributed by atoms with Gasteiger partial charge in [-0.05, 0) is 38.1 Å². The standard InChI is InChI=1S/C22H20N4O7/c1-3-32-14-8-9-15(16(11-14)26(30)31)23-19(27)12-25-20(28)22(2,24-21(25)29)18-10-13-6-4-5-7-17(13)33-18/h4-11H,3,12H2,1-2H3,(H,23,27)(H,24,29). The molecule has 4 amide bonds. The van der Waals surface area contributed by atoms with Gasteiger partial charge in [-0.3, -0.25) is 24.6 Å². The maximum atomic E-state index is 13.1. The lowest BCUT2D eigenvalue weighted by molar-refractivity contribution is -0.384. The maximum Gasteiger partial charge on any atom is 0.325 e. The minimum atomic E-state index is -1.50. The van der Waals surface area contributed by atoms with Crippen molar-refractivity contribution in [2.75, 3.05) is 18.5 Å². The maximum absolute atomic E-state index is 13.1. The van der Waals surface area contributed by atoms with E-state index in [1.165, 1.54) is 25.1 Å². The number of para-hydroxylation sites is 1. The van der Waals surface area contributed by atoms with E-state index in [0.717, 1.165) is 10.3 Å². The van der Waals surface area contributed by atoms with Crippen LogP contribution in [0.5, 0.6) is 5.75 Å². The summed E-state index contributed by atoms with van der Waals surface area (Å²) in [5.41, 5.74) is -1.41. The molecule has 0 radical (unpaired) electrons. The van der Waals surface area contributed by atoms with Crippen molar-refractivity contribution in [2.45, 2.75) is 19.4 Å². The number of anilines is 1. The van der Waals surface area contributed by atoms with Crippen molar-refractivity contribution in [3.8, 4) is 5.75 Å². The summed E-state index contributed by atoms with van der Waals surface area (Å²) in [5, 5.41) is 17.1. The SMILES string of the molecule is CCOc1ccc(NC(=O)CN2C(=O)NC(C)(c3cc4ccccc4o3)C2=O)c([N+](=O)[O-])c1. The highest BCUT2D eigenvalue weighted by atomic mass is 16.6. The van der Waals surface area contributed by atoms with E-state index in [1.807, 2.05) is 12.1 Å². The number of benzene rings is 2. The Bertz CT molecular complexity index is 1250. The van der Waals surface area contributed by atoms with Crippen molar-refractivity contribution in [2.24, 2.45) is 0 Å². The molecule has 11 nitrogen and oxygen atoms in total. The number of nitrogens with one attached hydrogen (secondary N) is 2. The summed E-state index contributed by atoms with van der Waals surface area (Å²) in [6.45, 7) is 2.91. The van der Waals surface area contributed by atoms with Gasteiger partial charge in [0, 0.05) is 5.39 Å². The smallest absolute Gasteiger partial charge is 0.325 e. The second kappa shape index (κ2) is 8.26. The third kappa shape index (κ3) is 3.95. The van der Waals surface area contributed by atoms with Gasteiger partial charge < -0.3 is 19.8 Å². The lowest BCUT2D eigenvalue weighted by Crippen LogP contribution is -2.41. The fraction of sp³-hybridized carbons (Fsp3) is 0.227. The summed E-state index contributed by atoms with van der Waals surface area (Å²) in [6.07, 6.45) is 0. The monoisotopic (exact) mass is 452 g/mol. The van der Waals surface area contributed by atoms with Crippen molar-refractivity contribution in [3.05, 3.63) is 64.4 Å². The molecular formula is C22H20N4O7. The van der Waals surface area contributed by atoms with Gasteiger partial charge in [0.15, 0.2) is 5.54 Å². The lowest BCUT2D eigenvalue weighted by atomic mass is 9.99. The zero-order valence-electron chi connectivity index (χ0n) is 17.8. The van der Waals surface area contributed by atoms with E-state index in [2.05, 4.69) is 10.6 Å². The van der Waals surface area contributed by atoms with Crippen molar-refractivity contribution in [1.29, 1.82) is 0 Å². The number of furan rings is 1. The molecule has 1 saturated heterocycles. The number of hydrogen-bond donors (Lipinski definition) is 2. The number of amides is 4. The number of carbonyl (C=O) groups excluding carboxylic acids is 3. The number of carbonyl (C=O) groups is 3. The van der Waals surface area contributed by atoms with E-state index in [-0.39, 0.29) is 22.9 Å². The lowest BCUT2D eigenvalue weighted by Gasteiger charge is -2.19. The van der Waals surface area contributed by atoms with Crippen molar-refractivity contribution in [1.82, 2.24) is 10.2 Å². The average Bonchev–Trinajstić information content (AvgIpc) is 3.31. The van der Waals surface area contributed by atoms with Crippen LogP contribution in [0.15, 0.2) is 52.9 Å². The van der Waals surface area contributed by atoms with Crippen LogP contribution in [0.2, 0.25) is 0 Å². The molecule has 11 heteroatoms. The van der Waals surface area contributed by atoms with E-state index in [4.69, 9.17) is 9.15 Å². The Labute approximate surface area is 187 Å². The van der Waals surface area contributed by atoms with Crippen LogP contribution in [-0.2, 0) is 15.1 Å². The summed E-state index contributed by atoms with van der Waals surface area (Å²) in [5.74, 6) is -0.951. The molecule has 1 atom stereocenters. The van der Waals surface area contributed by atoms with Gasteiger partial charge in [0.25, 0.3) is 11.6 Å². The number of hydrogen-bond acceptors (Lipinski definition) is 7. The number of fused-ring (bicyclic) bond motifs is 1. The summed E-state index contributed by atoms with van der Waals surface area (Å²) >= 11 is 0. The number of nitrogens with zero attached hydrogens (tertiary/aromatic N) is 2. The molecule has 0 bridgehead atoms. The molecule has 0 aliphatic carbocycles. The molecule has 2 heterocycles. The highest BCUT2D eigenvalue weighted by molar-refractivity contribution is 6.10. The van der Waals surface area contributed by atoms with Crippen LogP contribution < -0.4 is 15.4 Å². The van der Waals surface area contributed by atoms with E-state index < -0.39 is 34.9 Å². The van der Waals surface area contributed by atoms with Crippen LogP contribution in [0.3, 0.4) is 0 Å². The van der Waals surface area contributed by atoms with Crippen molar-refractivity contribution >= 4 is 40.2 Å². The molecule has 1 aromatic heterocycles. The zero-order valence-corrected chi connectivity index (χ0v) is 17.8. The largest absolute Gasteiger partial charge is 0.494 e. The molecule has 4 rings (SSSR count). The van der Waals surface area contributed by atoms with Gasteiger partial charge in [0.05, 0.1) is 17.6 Å². The molecule has 3 aromatic rings. The zero-order chi connectivity index (χ0) is 23.8. The summed E-state index contributed by atoms with van der Waals surface area (Å²) < 4.78 is 11.0. The molecule has 33 heavy (non-hydrogen) atoms. The van der Waals surface area contributed by atoms with Gasteiger partial charge in [-0.25, -0.2) is 4.79 Å². The van der Waals surface area contributed by atoms with E-state index in [1.54, 1.807) is 25.1 Å². The van der Waals surface area contributed by atoms with Crippen LogP contribution in [0, 0.1) is 10.1 Å². The molecule has 170 valence electrons. The quantitative estimate of drug-likeness (QED) is 0.318. The first kappa shape index (κ1) is 21.8. The average molecular weight is 452 g/mol. The fourth-order valence-corrected chi connectivity index (χ4v) is 3.59. The predicted molar refractivity (Wildman–Crippen MR) is 117 cm³/mol. The Balaban J connectivity index is 1.52. The number of nitro benzene ring substituents is 1. The Morgan fingerprint density at radius 1 is 1.24 bits per heavy atom. The first-order chi connectivity index (χ1) is 15.7. The minimum Gasteiger partial charge on any atom is -0.494 e. The molecule has 2 aromatic carbocycles. The number of imide groups is 1. The molecule has 0 saturated carbocycles. The molecular weight excluding hydrogens is 432 g/mol. The molecule has 1 unspecified atom stereocenters. The Hall–Kier alpha value is -4.41. The molecule has 1 aliphatic heterocycles. The second-order valence-corrected chi connectivity index (χ2v) is 7.51. The van der Waals surface area contributed by atoms with E-state index in [9.17, 15) is 24.5 Å².